The number of carbonyl (C=O) groups excluding carboxylic acids is 1. The van der Waals surface area contributed by atoms with Crippen LogP contribution in [-0.2, 0) is 4.74 Å². The molecule has 1 amide bonds. The number of halogens is 1. The molecule has 0 spiro atoms. The van der Waals surface area contributed by atoms with E-state index in [2.05, 4.69) is 5.32 Å². The molecule has 0 unspecified atom stereocenters. The highest BCUT2D eigenvalue weighted by atomic mass is 35.5. The van der Waals surface area contributed by atoms with E-state index in [0.717, 1.165) is 19.3 Å². The highest BCUT2D eigenvalue weighted by Crippen LogP contribution is 2.24. The Labute approximate surface area is 104 Å². The van der Waals surface area contributed by atoms with Crippen LogP contribution in [0.4, 0.5) is 4.79 Å². The van der Waals surface area contributed by atoms with Crippen molar-refractivity contribution in [2.24, 2.45) is 11.7 Å². The van der Waals surface area contributed by atoms with Gasteiger partial charge in [-0.3, -0.25) is 0 Å². The maximum atomic E-state index is 11.5. The molecule has 1 saturated carbocycles. The number of alkyl carbamates (subject to hydrolysis) is 1. The van der Waals surface area contributed by atoms with Gasteiger partial charge in [-0.2, -0.15) is 0 Å². The minimum atomic E-state index is -0.430. The molecule has 0 heterocycles. The lowest BCUT2D eigenvalue weighted by atomic mass is 10.0. The number of nitrogens with one attached hydrogen (secondary N) is 1. The van der Waals surface area contributed by atoms with Crippen molar-refractivity contribution in [3.05, 3.63) is 0 Å². The molecule has 2 atom stereocenters. The van der Waals surface area contributed by atoms with E-state index in [1.54, 1.807) is 0 Å². The molecule has 0 saturated heterocycles. The topological polar surface area (TPSA) is 64.3 Å². The number of hydrogen-bond donors (Lipinski definition) is 2. The average molecular weight is 251 g/mol. The first-order chi connectivity index (χ1) is 6.92. The van der Waals surface area contributed by atoms with Gasteiger partial charge >= 0.3 is 6.09 Å². The highest BCUT2D eigenvalue weighted by molar-refractivity contribution is 5.85. The number of hydrogen-bond acceptors (Lipinski definition) is 3. The lowest BCUT2D eigenvalue weighted by Gasteiger charge is -2.24. The first-order valence-electron chi connectivity index (χ1n) is 5.62. The molecule has 5 heteroatoms. The zero-order chi connectivity index (χ0) is 11.5. The average Bonchev–Trinajstić information content (AvgIpc) is 2.48. The Morgan fingerprint density at radius 3 is 2.56 bits per heavy atom. The maximum Gasteiger partial charge on any atom is 0.407 e. The predicted molar refractivity (Wildman–Crippen MR) is 66.8 cm³/mol. The van der Waals surface area contributed by atoms with Crippen LogP contribution in [0, 0.1) is 5.92 Å². The Bertz CT molecular complexity index is 229. The molecule has 1 rings (SSSR count). The Kier molecular flexibility index (Phi) is 6.11. The minimum Gasteiger partial charge on any atom is -0.444 e. The van der Waals surface area contributed by atoms with Crippen LogP contribution in [0.2, 0.25) is 0 Å². The van der Waals surface area contributed by atoms with Crippen LogP contribution in [0.15, 0.2) is 0 Å². The van der Waals surface area contributed by atoms with Gasteiger partial charge in [-0.25, -0.2) is 4.79 Å². The molecule has 0 aromatic rings. The molecular weight excluding hydrogens is 228 g/mol. The zero-order valence-electron chi connectivity index (χ0n) is 10.3. The first kappa shape index (κ1) is 15.5. The molecule has 0 aliphatic heterocycles. The Morgan fingerprint density at radius 1 is 1.44 bits per heavy atom. The standard InChI is InChI=1S/C11H22N2O2.ClH/c1-11(2,3)15-10(14)13-9-6-4-5-8(9)7-12;/h8-9H,4-7,12H2,1-3H3,(H,13,14);1H/t8-,9+;/m0./s1. The zero-order valence-corrected chi connectivity index (χ0v) is 11.1. The van der Waals surface area contributed by atoms with Gasteiger partial charge in [0, 0.05) is 6.04 Å². The fourth-order valence-electron chi connectivity index (χ4n) is 1.97. The van der Waals surface area contributed by atoms with E-state index in [0.29, 0.717) is 12.5 Å². The highest BCUT2D eigenvalue weighted by Gasteiger charge is 2.28. The van der Waals surface area contributed by atoms with Gasteiger partial charge in [0.15, 0.2) is 0 Å². The normalized spacial score (nSPS) is 24.8. The Morgan fingerprint density at radius 2 is 2.06 bits per heavy atom. The molecule has 1 aliphatic rings. The van der Waals surface area contributed by atoms with Gasteiger partial charge in [0.25, 0.3) is 0 Å². The molecule has 0 bridgehead atoms. The summed E-state index contributed by atoms with van der Waals surface area (Å²) in [5.41, 5.74) is 5.21. The monoisotopic (exact) mass is 250 g/mol. The van der Waals surface area contributed by atoms with E-state index in [-0.39, 0.29) is 24.5 Å². The van der Waals surface area contributed by atoms with Crippen LogP contribution in [0.3, 0.4) is 0 Å². The summed E-state index contributed by atoms with van der Waals surface area (Å²) in [5.74, 6) is 0.414. The third-order valence-corrected chi connectivity index (χ3v) is 2.66. The quantitative estimate of drug-likeness (QED) is 0.789. The van der Waals surface area contributed by atoms with Crippen LogP contribution in [0.1, 0.15) is 40.0 Å². The van der Waals surface area contributed by atoms with Gasteiger partial charge in [-0.15, -0.1) is 12.4 Å². The van der Waals surface area contributed by atoms with E-state index in [9.17, 15) is 4.79 Å². The van der Waals surface area contributed by atoms with E-state index in [1.807, 2.05) is 20.8 Å². The van der Waals surface area contributed by atoms with Crippen molar-refractivity contribution >= 4 is 18.5 Å². The number of carbonyl (C=O) groups is 1. The summed E-state index contributed by atoms with van der Waals surface area (Å²) in [7, 11) is 0. The number of nitrogens with two attached hydrogens (primary N) is 1. The summed E-state index contributed by atoms with van der Waals surface area (Å²) in [6.07, 6.45) is 2.94. The third-order valence-electron chi connectivity index (χ3n) is 2.66. The van der Waals surface area contributed by atoms with Crippen LogP contribution >= 0.6 is 12.4 Å². The lowest BCUT2D eigenvalue weighted by molar-refractivity contribution is 0.0494. The van der Waals surface area contributed by atoms with Crippen molar-refractivity contribution in [2.45, 2.75) is 51.7 Å². The third kappa shape index (κ3) is 5.03. The summed E-state index contributed by atoms with van der Waals surface area (Å²) >= 11 is 0. The molecule has 3 N–H and O–H groups in total. The fourth-order valence-corrected chi connectivity index (χ4v) is 1.97. The van der Waals surface area contributed by atoms with Crippen molar-refractivity contribution in [3.8, 4) is 0 Å². The predicted octanol–water partition coefficient (Wildman–Crippen LogP) is 2.06. The summed E-state index contributed by atoms with van der Waals surface area (Å²) in [5, 5.41) is 2.90. The molecular formula is C11H23ClN2O2. The summed E-state index contributed by atoms with van der Waals surface area (Å²) in [6.45, 7) is 6.23. The van der Waals surface area contributed by atoms with Crippen LogP contribution in [0.25, 0.3) is 0 Å². The van der Waals surface area contributed by atoms with Gasteiger partial charge in [-0.05, 0) is 46.1 Å². The second-order valence-corrected chi connectivity index (χ2v) is 5.18. The Hall–Kier alpha value is -0.480. The largest absolute Gasteiger partial charge is 0.444 e. The van der Waals surface area contributed by atoms with E-state index in [4.69, 9.17) is 10.5 Å². The van der Waals surface area contributed by atoms with Gasteiger partial charge in [-0.1, -0.05) is 6.42 Å². The van der Waals surface area contributed by atoms with E-state index in [1.165, 1.54) is 0 Å². The van der Waals surface area contributed by atoms with Gasteiger partial charge in [0.2, 0.25) is 0 Å². The molecule has 96 valence electrons. The lowest BCUT2D eigenvalue weighted by Crippen LogP contribution is -2.42. The smallest absolute Gasteiger partial charge is 0.407 e. The second kappa shape index (κ2) is 6.30. The SMILES string of the molecule is CC(C)(C)OC(=O)N[C@@H]1CCC[C@H]1CN.Cl. The minimum absolute atomic E-state index is 0. The van der Waals surface area contributed by atoms with E-state index >= 15 is 0 Å². The number of rotatable bonds is 2. The maximum absolute atomic E-state index is 11.5. The summed E-state index contributed by atoms with van der Waals surface area (Å²) < 4.78 is 5.20. The summed E-state index contributed by atoms with van der Waals surface area (Å²) in [4.78, 5) is 11.5. The van der Waals surface area contributed by atoms with Gasteiger partial charge in [0.05, 0.1) is 0 Å². The Balaban J connectivity index is 0.00000225. The van der Waals surface area contributed by atoms with Crippen LogP contribution < -0.4 is 11.1 Å². The second-order valence-electron chi connectivity index (χ2n) is 5.18. The van der Waals surface area contributed by atoms with Crippen molar-refractivity contribution in [1.29, 1.82) is 0 Å². The molecule has 16 heavy (non-hydrogen) atoms. The molecule has 0 radical (unpaired) electrons. The van der Waals surface area contributed by atoms with Gasteiger partial charge < -0.3 is 15.8 Å². The number of ether oxygens (including phenoxy) is 1. The van der Waals surface area contributed by atoms with Crippen molar-refractivity contribution < 1.29 is 9.53 Å². The molecule has 0 aromatic carbocycles. The number of amides is 1. The van der Waals surface area contributed by atoms with Crippen molar-refractivity contribution in [3.63, 3.8) is 0 Å². The molecule has 1 aliphatic carbocycles. The van der Waals surface area contributed by atoms with Gasteiger partial charge in [0.1, 0.15) is 5.60 Å². The molecule has 1 fully saturated rings. The van der Waals surface area contributed by atoms with Crippen LogP contribution in [-0.4, -0.2) is 24.3 Å². The molecule has 0 aromatic heterocycles. The van der Waals surface area contributed by atoms with E-state index < -0.39 is 5.60 Å². The molecule has 4 nitrogen and oxygen atoms in total. The fraction of sp³-hybridized carbons (Fsp3) is 0.909. The van der Waals surface area contributed by atoms with Crippen molar-refractivity contribution in [2.75, 3.05) is 6.54 Å². The van der Waals surface area contributed by atoms with Crippen molar-refractivity contribution in [1.82, 2.24) is 5.32 Å². The summed E-state index contributed by atoms with van der Waals surface area (Å²) in [6, 6.07) is 0.199. The first-order valence-corrected chi connectivity index (χ1v) is 5.62. The van der Waals surface area contributed by atoms with Crippen LogP contribution in [0.5, 0.6) is 0 Å².